The van der Waals surface area contributed by atoms with Crippen molar-refractivity contribution in [1.29, 1.82) is 0 Å². The lowest BCUT2D eigenvalue weighted by Crippen LogP contribution is -2.54. The molecular weight excluding hydrogens is 571 g/mol. The number of piperazine rings is 1. The van der Waals surface area contributed by atoms with Crippen LogP contribution in [0.5, 0.6) is 0 Å². The van der Waals surface area contributed by atoms with Gasteiger partial charge in [-0.3, -0.25) is 4.90 Å². The minimum atomic E-state index is 0.656. The summed E-state index contributed by atoms with van der Waals surface area (Å²) in [5, 5.41) is 4.05. The highest BCUT2D eigenvalue weighted by atomic mass is 15.3. The van der Waals surface area contributed by atoms with Gasteiger partial charge >= 0.3 is 0 Å². The van der Waals surface area contributed by atoms with Crippen LogP contribution in [-0.2, 0) is 0 Å². The summed E-state index contributed by atoms with van der Waals surface area (Å²) in [5.74, 6) is 0. The van der Waals surface area contributed by atoms with Crippen molar-refractivity contribution in [2.45, 2.75) is 193 Å². The molecule has 0 aromatic rings. The van der Waals surface area contributed by atoms with Gasteiger partial charge in [-0.2, -0.15) is 0 Å². The van der Waals surface area contributed by atoms with E-state index in [4.69, 9.17) is 0 Å². The van der Waals surface area contributed by atoms with Crippen LogP contribution >= 0.6 is 0 Å². The molecule has 1 unspecified atom stereocenters. The molecule has 1 aliphatic heterocycles. The Hall–Kier alpha value is -1.16. The van der Waals surface area contributed by atoms with Crippen LogP contribution in [0.1, 0.15) is 181 Å². The highest BCUT2D eigenvalue weighted by Gasteiger charge is 2.22. The fourth-order valence-corrected chi connectivity index (χ4v) is 6.73. The molecule has 1 fully saturated rings. The monoisotopic (exact) mass is 654 g/mol. The Labute approximate surface area is 296 Å². The molecule has 0 spiro atoms. The molecule has 1 aliphatic rings. The Bertz CT molecular complexity index is 705. The summed E-state index contributed by atoms with van der Waals surface area (Å²) in [4.78, 5) is 5.08. The molecule has 0 saturated carbocycles. The lowest BCUT2D eigenvalue weighted by Gasteiger charge is -2.38. The van der Waals surface area contributed by atoms with Crippen molar-refractivity contribution in [2.24, 2.45) is 0 Å². The average Bonchev–Trinajstić information content (AvgIpc) is 3.07. The third-order valence-corrected chi connectivity index (χ3v) is 10.1. The summed E-state index contributed by atoms with van der Waals surface area (Å²) in [5.41, 5.74) is 0. The van der Waals surface area contributed by atoms with Crippen molar-refractivity contribution in [2.75, 3.05) is 40.3 Å². The molecule has 3 nitrogen and oxygen atoms in total. The van der Waals surface area contributed by atoms with Crippen LogP contribution in [0.15, 0.2) is 48.6 Å². The molecule has 1 atom stereocenters. The zero-order chi connectivity index (χ0) is 33.9. The van der Waals surface area contributed by atoms with Crippen molar-refractivity contribution in [3.05, 3.63) is 48.6 Å². The van der Waals surface area contributed by atoms with E-state index in [-0.39, 0.29) is 0 Å². The standard InChI is InChI=1S/C44H83N3/c1-5-7-9-11-13-15-17-19-21-23-25-27-29-31-33-35-37-43(45-41-44-42-46(3)39-40-47(44)4)38-36-34-32-30-28-26-24-22-20-18-16-14-12-10-8-6-2/h13-16,19-22,43-45H,5-12,17-18,23-42H2,1-4H3. The highest BCUT2D eigenvalue weighted by Crippen LogP contribution is 2.16. The summed E-state index contributed by atoms with van der Waals surface area (Å²) in [7, 11) is 4.60. The molecule has 0 radical (unpaired) electrons. The maximum Gasteiger partial charge on any atom is 0.0345 e. The van der Waals surface area contributed by atoms with Gasteiger partial charge in [-0.25, -0.2) is 0 Å². The first-order valence-corrected chi connectivity index (χ1v) is 20.9. The Kier molecular flexibility index (Phi) is 32.4. The number of likely N-dealkylation sites (N-methyl/N-ethyl adjacent to an activating group) is 2. The largest absolute Gasteiger partial charge is 0.312 e. The lowest BCUT2D eigenvalue weighted by molar-refractivity contribution is 0.110. The van der Waals surface area contributed by atoms with Gasteiger partial charge in [-0.05, 0) is 91.1 Å². The molecular formula is C44H83N3. The van der Waals surface area contributed by atoms with E-state index in [1.807, 2.05) is 0 Å². The van der Waals surface area contributed by atoms with Crippen molar-refractivity contribution in [3.63, 3.8) is 0 Å². The van der Waals surface area contributed by atoms with Gasteiger partial charge in [0.25, 0.3) is 0 Å². The first-order chi connectivity index (χ1) is 23.2. The van der Waals surface area contributed by atoms with E-state index in [0.717, 1.165) is 19.4 Å². The summed E-state index contributed by atoms with van der Waals surface area (Å²) >= 11 is 0. The predicted octanol–water partition coefficient (Wildman–Crippen LogP) is 12.6. The van der Waals surface area contributed by atoms with E-state index in [9.17, 15) is 0 Å². The molecule has 1 saturated heterocycles. The van der Waals surface area contributed by atoms with E-state index in [0.29, 0.717) is 12.1 Å². The first kappa shape index (κ1) is 43.9. The maximum atomic E-state index is 4.05. The number of nitrogens with one attached hydrogen (secondary N) is 1. The van der Waals surface area contributed by atoms with Crippen molar-refractivity contribution >= 4 is 0 Å². The van der Waals surface area contributed by atoms with E-state index >= 15 is 0 Å². The molecule has 3 heteroatoms. The number of allylic oxidation sites excluding steroid dienone is 8. The second-order valence-electron chi connectivity index (χ2n) is 14.7. The number of hydrogen-bond donors (Lipinski definition) is 1. The Balaban J connectivity index is 2.15. The van der Waals surface area contributed by atoms with Gasteiger partial charge in [-0.1, -0.05) is 152 Å². The summed E-state index contributed by atoms with van der Waals surface area (Å²) in [6.07, 6.45) is 53.8. The van der Waals surface area contributed by atoms with Crippen LogP contribution in [0.3, 0.4) is 0 Å². The van der Waals surface area contributed by atoms with Gasteiger partial charge in [0.15, 0.2) is 0 Å². The van der Waals surface area contributed by atoms with E-state index in [1.54, 1.807) is 0 Å². The fourth-order valence-electron chi connectivity index (χ4n) is 6.73. The van der Waals surface area contributed by atoms with Crippen LogP contribution in [-0.4, -0.2) is 62.2 Å². The summed E-state index contributed by atoms with van der Waals surface area (Å²) in [6.45, 7) is 9.30. The molecule has 1 N–H and O–H groups in total. The zero-order valence-corrected chi connectivity index (χ0v) is 32.4. The molecule has 0 aromatic carbocycles. The second-order valence-corrected chi connectivity index (χ2v) is 14.7. The number of nitrogens with zero attached hydrogens (tertiary/aromatic N) is 2. The van der Waals surface area contributed by atoms with Gasteiger partial charge < -0.3 is 10.2 Å². The van der Waals surface area contributed by atoms with Gasteiger partial charge in [0.1, 0.15) is 0 Å². The van der Waals surface area contributed by atoms with Gasteiger partial charge in [0.2, 0.25) is 0 Å². The van der Waals surface area contributed by atoms with Gasteiger partial charge in [0, 0.05) is 38.3 Å². The Morgan fingerprint density at radius 2 is 0.915 bits per heavy atom. The first-order valence-electron chi connectivity index (χ1n) is 20.9. The van der Waals surface area contributed by atoms with Crippen molar-refractivity contribution in [3.8, 4) is 0 Å². The fraction of sp³-hybridized carbons (Fsp3) is 0.818. The lowest BCUT2D eigenvalue weighted by atomic mass is 9.99. The van der Waals surface area contributed by atoms with Gasteiger partial charge in [0.05, 0.1) is 0 Å². The normalized spacial score (nSPS) is 17.4. The molecule has 0 bridgehead atoms. The minimum absolute atomic E-state index is 0.656. The Morgan fingerprint density at radius 1 is 0.511 bits per heavy atom. The summed E-state index contributed by atoms with van der Waals surface area (Å²) < 4.78 is 0. The second kappa shape index (κ2) is 34.7. The quantitative estimate of drug-likeness (QED) is 0.0561. The average molecular weight is 654 g/mol. The minimum Gasteiger partial charge on any atom is -0.312 e. The number of unbranched alkanes of at least 4 members (excludes halogenated alkanes) is 18. The van der Waals surface area contributed by atoms with Crippen LogP contribution < -0.4 is 5.32 Å². The molecule has 0 aromatic heterocycles. The number of rotatable bonds is 33. The maximum absolute atomic E-state index is 4.05. The van der Waals surface area contributed by atoms with Crippen LogP contribution in [0.2, 0.25) is 0 Å². The van der Waals surface area contributed by atoms with E-state index in [1.165, 1.54) is 174 Å². The van der Waals surface area contributed by atoms with Crippen LogP contribution in [0.4, 0.5) is 0 Å². The molecule has 274 valence electrons. The van der Waals surface area contributed by atoms with Crippen LogP contribution in [0, 0.1) is 0 Å². The van der Waals surface area contributed by atoms with E-state index in [2.05, 4.69) is 91.7 Å². The third-order valence-electron chi connectivity index (χ3n) is 10.1. The SMILES string of the molecule is CCCCCC=CCC=CCCCCCCCCC(CCCCCCCCC=CCC=CCCCCC)NCC1CN(C)CCN1C. The zero-order valence-electron chi connectivity index (χ0n) is 32.4. The van der Waals surface area contributed by atoms with Crippen molar-refractivity contribution < 1.29 is 0 Å². The molecule has 1 heterocycles. The third kappa shape index (κ3) is 29.5. The predicted molar refractivity (Wildman–Crippen MR) is 214 cm³/mol. The van der Waals surface area contributed by atoms with Crippen molar-refractivity contribution in [1.82, 2.24) is 15.1 Å². The van der Waals surface area contributed by atoms with Gasteiger partial charge in [-0.15, -0.1) is 0 Å². The summed E-state index contributed by atoms with van der Waals surface area (Å²) in [6, 6.07) is 1.36. The molecule has 1 rings (SSSR count). The van der Waals surface area contributed by atoms with E-state index < -0.39 is 0 Å². The molecule has 0 amide bonds. The number of hydrogen-bond acceptors (Lipinski definition) is 3. The van der Waals surface area contributed by atoms with Crippen LogP contribution in [0.25, 0.3) is 0 Å². The molecule has 0 aliphatic carbocycles. The topological polar surface area (TPSA) is 18.5 Å². The highest BCUT2D eigenvalue weighted by molar-refractivity contribution is 4.93. The smallest absolute Gasteiger partial charge is 0.0345 e. The Morgan fingerprint density at radius 3 is 1.36 bits per heavy atom. The molecule has 47 heavy (non-hydrogen) atoms.